The largest absolute Gasteiger partial charge is 0.497 e. The zero-order valence-electron chi connectivity index (χ0n) is 19.4. The average molecular weight is 449 g/mol. The van der Waals surface area contributed by atoms with Crippen LogP contribution < -0.4 is 25.8 Å². The van der Waals surface area contributed by atoms with Gasteiger partial charge in [-0.25, -0.2) is 9.97 Å². The van der Waals surface area contributed by atoms with E-state index in [9.17, 15) is 0 Å². The maximum Gasteiger partial charge on any atom is 0.141 e. The molecule has 1 aliphatic rings. The third kappa shape index (κ3) is 6.20. The first-order chi connectivity index (χ1) is 16.1. The Labute approximate surface area is 195 Å². The van der Waals surface area contributed by atoms with E-state index in [1.165, 1.54) is 6.33 Å². The van der Waals surface area contributed by atoms with E-state index in [-0.39, 0.29) is 17.6 Å². The van der Waals surface area contributed by atoms with E-state index >= 15 is 0 Å². The van der Waals surface area contributed by atoms with Crippen molar-refractivity contribution in [3.05, 3.63) is 66.0 Å². The van der Waals surface area contributed by atoms with Gasteiger partial charge >= 0.3 is 0 Å². The third-order valence-electron chi connectivity index (χ3n) is 5.18. The average Bonchev–Trinajstić information content (AvgIpc) is 2.86. The maximum atomic E-state index is 8.74. The number of anilines is 2. The van der Waals surface area contributed by atoms with Gasteiger partial charge in [0, 0.05) is 24.2 Å². The number of methoxy groups -OCH3 is 1. The van der Waals surface area contributed by atoms with Gasteiger partial charge in [0.15, 0.2) is 0 Å². The Kier molecular flexibility index (Phi) is 8.60. The highest BCUT2D eigenvalue weighted by molar-refractivity contribution is 6.16. The molecule has 0 radical (unpaired) electrons. The van der Waals surface area contributed by atoms with Crippen molar-refractivity contribution in [2.75, 3.05) is 31.2 Å². The summed E-state index contributed by atoms with van der Waals surface area (Å²) in [6.07, 6.45) is 3.57. The quantitative estimate of drug-likeness (QED) is 0.394. The number of nitrogens with zero attached hydrogens (tertiary/aromatic N) is 2. The summed E-state index contributed by atoms with van der Waals surface area (Å²) in [6, 6.07) is 14.9. The molecule has 0 aliphatic carbocycles. The van der Waals surface area contributed by atoms with Crippen LogP contribution in [-0.2, 0) is 0 Å². The number of ether oxygens (including phenoxy) is 2. The second-order valence-electron chi connectivity index (χ2n) is 7.35. The predicted molar refractivity (Wildman–Crippen MR) is 133 cm³/mol. The standard InChI is InChI=1S/C23H26N6O2.C2H6/c1-30-18-5-2-6-19(12-18)31-17-9-7-15(8-10-17)21(24)20-22(25)27-14-28-23(20)29-16-4-3-11-26-13-16;1-2/h2,5-10,12,14,16,24,26H,3-4,11,13H2,1H3,(H3,25,27,28,29);1-2H3. The Morgan fingerprint density at radius 2 is 1.85 bits per heavy atom. The second-order valence-corrected chi connectivity index (χ2v) is 7.35. The maximum absolute atomic E-state index is 8.74. The van der Waals surface area contributed by atoms with Crippen molar-refractivity contribution in [1.82, 2.24) is 15.3 Å². The van der Waals surface area contributed by atoms with Gasteiger partial charge in [0.2, 0.25) is 0 Å². The lowest BCUT2D eigenvalue weighted by Gasteiger charge is -2.25. The summed E-state index contributed by atoms with van der Waals surface area (Å²) in [5.41, 5.74) is 7.61. The van der Waals surface area contributed by atoms with Gasteiger partial charge in [-0.15, -0.1) is 0 Å². The second kappa shape index (κ2) is 11.8. The fraction of sp³-hybridized carbons (Fsp3) is 0.320. The zero-order valence-corrected chi connectivity index (χ0v) is 19.4. The minimum absolute atomic E-state index is 0.244. The SMILES string of the molecule is CC.COc1cccc(Oc2ccc(C(=N)c3c(N)ncnc3NC3CCCNC3)cc2)c1. The Morgan fingerprint density at radius 3 is 2.55 bits per heavy atom. The van der Waals surface area contributed by atoms with Gasteiger partial charge in [-0.2, -0.15) is 0 Å². The summed E-state index contributed by atoms with van der Waals surface area (Å²) in [7, 11) is 1.62. The molecule has 1 saturated heterocycles. The number of hydrogen-bond donors (Lipinski definition) is 4. The summed E-state index contributed by atoms with van der Waals surface area (Å²) in [5, 5.41) is 15.5. The Morgan fingerprint density at radius 1 is 1.09 bits per heavy atom. The monoisotopic (exact) mass is 448 g/mol. The number of hydrogen-bond acceptors (Lipinski definition) is 8. The Hall–Kier alpha value is -3.65. The molecule has 5 N–H and O–H groups in total. The van der Waals surface area contributed by atoms with E-state index in [2.05, 4.69) is 20.6 Å². The molecule has 1 atom stereocenters. The molecule has 0 amide bonds. The first-order valence-electron chi connectivity index (χ1n) is 11.2. The van der Waals surface area contributed by atoms with Crippen LogP contribution in [0.5, 0.6) is 17.2 Å². The van der Waals surface area contributed by atoms with Crippen LogP contribution >= 0.6 is 0 Å². The van der Waals surface area contributed by atoms with Crippen molar-refractivity contribution in [3.63, 3.8) is 0 Å². The van der Waals surface area contributed by atoms with Crippen LogP contribution in [0.3, 0.4) is 0 Å². The van der Waals surface area contributed by atoms with Crippen molar-refractivity contribution in [1.29, 1.82) is 5.41 Å². The molecule has 4 rings (SSSR count). The fourth-order valence-electron chi connectivity index (χ4n) is 3.56. The molecule has 0 spiro atoms. The molecule has 8 nitrogen and oxygen atoms in total. The summed E-state index contributed by atoms with van der Waals surface area (Å²) in [6.45, 7) is 5.88. The summed E-state index contributed by atoms with van der Waals surface area (Å²) in [5.74, 6) is 2.93. The van der Waals surface area contributed by atoms with Gasteiger partial charge in [0.1, 0.15) is 35.2 Å². The van der Waals surface area contributed by atoms with Crippen molar-refractivity contribution in [3.8, 4) is 17.2 Å². The van der Waals surface area contributed by atoms with Crippen LogP contribution in [0.1, 0.15) is 37.8 Å². The highest BCUT2D eigenvalue weighted by Crippen LogP contribution is 2.27. The van der Waals surface area contributed by atoms with Crippen LogP contribution in [0.2, 0.25) is 0 Å². The predicted octanol–water partition coefficient (Wildman–Crippen LogP) is 4.47. The molecule has 3 aromatic rings. The molecular formula is C25H32N6O2. The number of benzene rings is 2. The molecule has 1 fully saturated rings. The number of aromatic nitrogens is 2. The number of piperidine rings is 1. The van der Waals surface area contributed by atoms with E-state index in [0.717, 1.165) is 31.7 Å². The number of rotatable bonds is 7. The summed E-state index contributed by atoms with van der Waals surface area (Å²) >= 11 is 0. The molecule has 2 heterocycles. The molecule has 0 bridgehead atoms. The molecule has 2 aromatic carbocycles. The lowest BCUT2D eigenvalue weighted by atomic mass is 10.0. The van der Waals surface area contributed by atoms with E-state index in [0.29, 0.717) is 28.4 Å². The first kappa shape index (κ1) is 24.0. The molecule has 174 valence electrons. The highest BCUT2D eigenvalue weighted by atomic mass is 16.5. The lowest BCUT2D eigenvalue weighted by Crippen LogP contribution is -2.39. The molecule has 8 heteroatoms. The van der Waals surface area contributed by atoms with Crippen molar-refractivity contribution in [2.45, 2.75) is 32.7 Å². The van der Waals surface area contributed by atoms with Crippen molar-refractivity contribution >= 4 is 17.3 Å². The number of nitrogens with two attached hydrogens (primary N) is 1. The van der Waals surface area contributed by atoms with Crippen LogP contribution in [0, 0.1) is 5.41 Å². The molecule has 1 aromatic heterocycles. The van der Waals surface area contributed by atoms with Gasteiger partial charge in [-0.1, -0.05) is 19.9 Å². The van der Waals surface area contributed by atoms with E-state index in [4.69, 9.17) is 20.6 Å². The van der Waals surface area contributed by atoms with E-state index in [1.807, 2.05) is 62.4 Å². The van der Waals surface area contributed by atoms with Crippen LogP contribution in [0.4, 0.5) is 11.6 Å². The first-order valence-corrected chi connectivity index (χ1v) is 11.2. The minimum atomic E-state index is 0.244. The Balaban J connectivity index is 0.00000149. The molecule has 33 heavy (non-hydrogen) atoms. The van der Waals surface area contributed by atoms with Gasteiger partial charge in [-0.05, 0) is 55.8 Å². The number of nitrogen functional groups attached to an aromatic ring is 1. The topological polar surface area (TPSA) is 118 Å². The highest BCUT2D eigenvalue weighted by Gasteiger charge is 2.20. The van der Waals surface area contributed by atoms with E-state index in [1.54, 1.807) is 7.11 Å². The van der Waals surface area contributed by atoms with Crippen LogP contribution in [0.25, 0.3) is 0 Å². The van der Waals surface area contributed by atoms with Crippen molar-refractivity contribution < 1.29 is 9.47 Å². The van der Waals surface area contributed by atoms with Gasteiger partial charge < -0.3 is 25.8 Å². The van der Waals surface area contributed by atoms with Gasteiger partial charge in [0.25, 0.3) is 0 Å². The van der Waals surface area contributed by atoms with E-state index < -0.39 is 0 Å². The zero-order chi connectivity index (χ0) is 23.6. The summed E-state index contributed by atoms with van der Waals surface area (Å²) in [4.78, 5) is 8.47. The van der Waals surface area contributed by atoms with Gasteiger partial charge in [0.05, 0.1) is 18.4 Å². The Bertz CT molecular complexity index is 1050. The molecular weight excluding hydrogens is 416 g/mol. The lowest BCUT2D eigenvalue weighted by molar-refractivity contribution is 0.409. The third-order valence-corrected chi connectivity index (χ3v) is 5.18. The summed E-state index contributed by atoms with van der Waals surface area (Å²) < 4.78 is 11.1. The normalized spacial score (nSPS) is 15.1. The number of nitrogens with one attached hydrogen (secondary N) is 3. The van der Waals surface area contributed by atoms with Gasteiger partial charge in [-0.3, -0.25) is 5.41 Å². The molecule has 1 aliphatic heterocycles. The smallest absolute Gasteiger partial charge is 0.141 e. The molecule has 0 saturated carbocycles. The van der Waals surface area contributed by atoms with Crippen LogP contribution in [-0.4, -0.2) is 41.9 Å². The molecule has 1 unspecified atom stereocenters. The van der Waals surface area contributed by atoms with Crippen molar-refractivity contribution in [2.24, 2.45) is 0 Å². The van der Waals surface area contributed by atoms with Crippen LogP contribution in [0.15, 0.2) is 54.9 Å². The minimum Gasteiger partial charge on any atom is -0.497 e. The fourth-order valence-corrected chi connectivity index (χ4v) is 3.56.